The lowest BCUT2D eigenvalue weighted by Crippen LogP contribution is -2.22. The standard InChI is InChI=1S/C9H15NO/c1-8-4-2-3-5-9(8)11-7-6-10/h2-5,8-9H,6-7,10H2,1H3. The summed E-state index contributed by atoms with van der Waals surface area (Å²) < 4.78 is 5.48. The zero-order chi connectivity index (χ0) is 8.10. The minimum Gasteiger partial charge on any atom is -0.372 e. The van der Waals surface area contributed by atoms with Gasteiger partial charge in [-0.25, -0.2) is 0 Å². The molecule has 0 aromatic rings. The van der Waals surface area contributed by atoms with E-state index in [9.17, 15) is 0 Å². The molecular formula is C9H15NO. The lowest BCUT2D eigenvalue weighted by molar-refractivity contribution is 0.0674. The number of hydrogen-bond acceptors (Lipinski definition) is 2. The highest BCUT2D eigenvalue weighted by Gasteiger charge is 2.12. The molecule has 11 heavy (non-hydrogen) atoms. The first kappa shape index (κ1) is 8.50. The van der Waals surface area contributed by atoms with Crippen LogP contribution in [0.5, 0.6) is 0 Å². The quantitative estimate of drug-likeness (QED) is 0.658. The van der Waals surface area contributed by atoms with Gasteiger partial charge in [-0.05, 0) is 0 Å². The molecule has 0 saturated carbocycles. The Balaban J connectivity index is 2.33. The van der Waals surface area contributed by atoms with Gasteiger partial charge < -0.3 is 10.5 Å². The smallest absolute Gasteiger partial charge is 0.0819 e. The molecule has 0 aromatic heterocycles. The van der Waals surface area contributed by atoms with Crippen molar-refractivity contribution in [1.82, 2.24) is 0 Å². The molecule has 0 aromatic carbocycles. The highest BCUT2D eigenvalue weighted by molar-refractivity contribution is 5.14. The van der Waals surface area contributed by atoms with Crippen molar-refractivity contribution >= 4 is 0 Å². The van der Waals surface area contributed by atoms with Gasteiger partial charge in [-0.3, -0.25) is 0 Å². The van der Waals surface area contributed by atoms with Gasteiger partial charge in [0.1, 0.15) is 0 Å². The first-order valence-corrected chi connectivity index (χ1v) is 4.01. The number of rotatable bonds is 3. The third-order valence-corrected chi connectivity index (χ3v) is 1.77. The Labute approximate surface area is 67.7 Å². The molecule has 0 bridgehead atoms. The molecule has 1 rings (SSSR count). The predicted molar refractivity (Wildman–Crippen MR) is 46.2 cm³/mol. The number of allylic oxidation sites excluding steroid dienone is 2. The maximum Gasteiger partial charge on any atom is 0.0819 e. The highest BCUT2D eigenvalue weighted by atomic mass is 16.5. The fourth-order valence-electron chi connectivity index (χ4n) is 1.11. The van der Waals surface area contributed by atoms with Gasteiger partial charge in [-0.2, -0.15) is 0 Å². The maximum absolute atomic E-state index is 5.48. The lowest BCUT2D eigenvalue weighted by Gasteiger charge is -2.20. The van der Waals surface area contributed by atoms with Crippen LogP contribution in [0.2, 0.25) is 0 Å². The van der Waals surface area contributed by atoms with E-state index >= 15 is 0 Å². The first-order valence-electron chi connectivity index (χ1n) is 4.01. The van der Waals surface area contributed by atoms with Crippen molar-refractivity contribution in [2.45, 2.75) is 13.0 Å². The van der Waals surface area contributed by atoms with Crippen LogP contribution in [0.4, 0.5) is 0 Å². The molecule has 1 aliphatic rings. The van der Waals surface area contributed by atoms with E-state index < -0.39 is 0 Å². The second kappa shape index (κ2) is 4.31. The molecule has 0 amide bonds. The average molecular weight is 153 g/mol. The van der Waals surface area contributed by atoms with Crippen molar-refractivity contribution < 1.29 is 4.74 Å². The SMILES string of the molecule is CC1C=CC=CC1OCCN. The van der Waals surface area contributed by atoms with Crippen LogP contribution in [0.1, 0.15) is 6.92 Å². The maximum atomic E-state index is 5.48. The van der Waals surface area contributed by atoms with Crippen LogP contribution in [0, 0.1) is 5.92 Å². The van der Waals surface area contributed by atoms with Crippen LogP contribution in [-0.4, -0.2) is 19.3 Å². The summed E-state index contributed by atoms with van der Waals surface area (Å²) in [4.78, 5) is 0. The number of ether oxygens (including phenoxy) is 1. The second-order valence-electron chi connectivity index (χ2n) is 2.75. The van der Waals surface area contributed by atoms with Gasteiger partial charge in [-0.15, -0.1) is 0 Å². The molecule has 2 atom stereocenters. The van der Waals surface area contributed by atoms with E-state index in [-0.39, 0.29) is 6.10 Å². The molecule has 2 unspecified atom stereocenters. The van der Waals surface area contributed by atoms with Gasteiger partial charge in [0.2, 0.25) is 0 Å². The molecule has 2 N–H and O–H groups in total. The first-order chi connectivity index (χ1) is 5.34. The Morgan fingerprint density at radius 2 is 2.09 bits per heavy atom. The van der Waals surface area contributed by atoms with Gasteiger partial charge in [0.05, 0.1) is 12.7 Å². The minimum absolute atomic E-state index is 0.226. The van der Waals surface area contributed by atoms with Crippen LogP contribution in [0.3, 0.4) is 0 Å². The summed E-state index contributed by atoms with van der Waals surface area (Å²) in [6, 6.07) is 0. The van der Waals surface area contributed by atoms with Crippen molar-refractivity contribution in [3.63, 3.8) is 0 Å². The van der Waals surface area contributed by atoms with Gasteiger partial charge in [0, 0.05) is 12.5 Å². The zero-order valence-electron chi connectivity index (χ0n) is 6.86. The summed E-state index contributed by atoms with van der Waals surface area (Å²) >= 11 is 0. The summed E-state index contributed by atoms with van der Waals surface area (Å²) in [5.74, 6) is 0.478. The highest BCUT2D eigenvalue weighted by Crippen LogP contribution is 2.14. The number of nitrogens with two attached hydrogens (primary N) is 1. The zero-order valence-corrected chi connectivity index (χ0v) is 6.86. The van der Waals surface area contributed by atoms with E-state index in [1.54, 1.807) is 0 Å². The third-order valence-electron chi connectivity index (χ3n) is 1.77. The van der Waals surface area contributed by atoms with E-state index in [0.717, 1.165) is 0 Å². The topological polar surface area (TPSA) is 35.2 Å². The molecule has 0 radical (unpaired) electrons. The Morgan fingerprint density at radius 3 is 2.73 bits per heavy atom. The normalized spacial score (nSPS) is 29.3. The molecule has 0 fully saturated rings. The van der Waals surface area contributed by atoms with Crippen molar-refractivity contribution in [3.8, 4) is 0 Å². The third kappa shape index (κ3) is 2.48. The summed E-state index contributed by atoms with van der Waals surface area (Å²) in [5, 5.41) is 0. The van der Waals surface area contributed by atoms with Gasteiger partial charge in [-0.1, -0.05) is 31.2 Å². The molecule has 0 saturated heterocycles. The van der Waals surface area contributed by atoms with Crippen LogP contribution in [0.25, 0.3) is 0 Å². The van der Waals surface area contributed by atoms with E-state index in [4.69, 9.17) is 10.5 Å². The number of hydrogen-bond donors (Lipinski definition) is 1. The fourth-order valence-corrected chi connectivity index (χ4v) is 1.11. The van der Waals surface area contributed by atoms with Crippen LogP contribution in [0.15, 0.2) is 24.3 Å². The molecule has 1 aliphatic carbocycles. The second-order valence-corrected chi connectivity index (χ2v) is 2.75. The van der Waals surface area contributed by atoms with Crippen molar-refractivity contribution in [3.05, 3.63) is 24.3 Å². The van der Waals surface area contributed by atoms with Gasteiger partial charge >= 0.3 is 0 Å². The molecule has 0 spiro atoms. The summed E-state index contributed by atoms with van der Waals surface area (Å²) in [5.41, 5.74) is 5.32. The van der Waals surface area contributed by atoms with Gasteiger partial charge in [0.25, 0.3) is 0 Å². The Kier molecular flexibility index (Phi) is 3.33. The Bertz CT molecular complexity index is 163. The molecule has 0 aliphatic heterocycles. The van der Waals surface area contributed by atoms with Crippen LogP contribution in [-0.2, 0) is 4.74 Å². The van der Waals surface area contributed by atoms with Gasteiger partial charge in [0.15, 0.2) is 0 Å². The lowest BCUT2D eigenvalue weighted by atomic mass is 10.00. The van der Waals surface area contributed by atoms with Crippen LogP contribution < -0.4 is 5.73 Å². The molecule has 2 heteroatoms. The Hall–Kier alpha value is -0.600. The van der Waals surface area contributed by atoms with Crippen molar-refractivity contribution in [2.75, 3.05) is 13.2 Å². The largest absolute Gasteiger partial charge is 0.372 e. The van der Waals surface area contributed by atoms with Crippen molar-refractivity contribution in [1.29, 1.82) is 0 Å². The molecular weight excluding hydrogens is 138 g/mol. The van der Waals surface area contributed by atoms with Crippen molar-refractivity contribution in [2.24, 2.45) is 11.7 Å². The molecule has 2 nitrogen and oxygen atoms in total. The summed E-state index contributed by atoms with van der Waals surface area (Å²) in [6.45, 7) is 3.38. The monoisotopic (exact) mass is 153 g/mol. The van der Waals surface area contributed by atoms with Crippen LogP contribution >= 0.6 is 0 Å². The van der Waals surface area contributed by atoms with E-state index in [1.165, 1.54) is 0 Å². The minimum atomic E-state index is 0.226. The average Bonchev–Trinajstić information content (AvgIpc) is 2.03. The summed E-state index contributed by atoms with van der Waals surface area (Å²) in [6.07, 6.45) is 8.50. The summed E-state index contributed by atoms with van der Waals surface area (Å²) in [7, 11) is 0. The van der Waals surface area contributed by atoms with E-state index in [0.29, 0.717) is 19.1 Å². The fraction of sp³-hybridized carbons (Fsp3) is 0.556. The Morgan fingerprint density at radius 1 is 1.36 bits per heavy atom. The molecule has 62 valence electrons. The molecule has 0 heterocycles. The van der Waals surface area contributed by atoms with E-state index in [2.05, 4.69) is 19.1 Å². The van der Waals surface area contributed by atoms with E-state index in [1.807, 2.05) is 12.2 Å². The predicted octanol–water partition coefficient (Wildman–Crippen LogP) is 1.09.